The number of amides is 2. The van der Waals surface area contributed by atoms with Gasteiger partial charge in [0.05, 0.1) is 0 Å². The normalized spacial score (nSPS) is 13.6. The molecule has 236 valence electrons. The smallest absolute Gasteiger partial charge is 0.220 e. The van der Waals surface area contributed by atoms with Crippen molar-refractivity contribution in [3.05, 3.63) is 120 Å². The Labute approximate surface area is 269 Å². The quantitative estimate of drug-likeness (QED) is 0.158. The number of benzene rings is 2. The number of hydrogen-bond donors (Lipinski definition) is 2. The largest absolute Gasteiger partial charge is 0.369 e. The second-order valence-electron chi connectivity index (χ2n) is 13.2. The molecule has 4 aromatic rings. The van der Waals surface area contributed by atoms with Gasteiger partial charge in [0.15, 0.2) is 37.9 Å². The van der Waals surface area contributed by atoms with Gasteiger partial charge in [0.2, 0.25) is 11.8 Å². The van der Waals surface area contributed by atoms with Crippen LogP contribution in [0.25, 0.3) is 11.1 Å². The summed E-state index contributed by atoms with van der Waals surface area (Å²) in [5.74, 6) is -0.307. The molecule has 0 fully saturated rings. The summed E-state index contributed by atoms with van der Waals surface area (Å²) >= 11 is 0. The summed E-state index contributed by atoms with van der Waals surface area (Å²) in [5, 5.41) is 0. The third-order valence-corrected chi connectivity index (χ3v) is 9.32. The fraction of sp³-hybridized carbons (Fsp3) is 0.385. The summed E-state index contributed by atoms with van der Waals surface area (Å²) in [5.41, 5.74) is 18.3. The van der Waals surface area contributed by atoms with E-state index in [-0.39, 0.29) is 29.1 Å². The van der Waals surface area contributed by atoms with Crippen LogP contribution in [0.4, 0.5) is 0 Å². The molecule has 0 aliphatic carbocycles. The fourth-order valence-electron chi connectivity index (χ4n) is 6.17. The first kappa shape index (κ1) is 33.6. The highest BCUT2D eigenvalue weighted by Crippen LogP contribution is 2.32. The standard InChI is InChI=1S/C39H48N4O2/c1-6-31(37(40)44)24-28(3)33-12-8-29(9-13-33)26-42-20-16-34(17-21-42)35-18-22-43(23-19-35)27-30-10-14-36(15-11-30)39(4,5)25-32(7-2)38(41)45/h8-23,28,31-32H,6-7,24-27H2,1-5H3,(H2-2,40,41,44,45)/p+2. The molecule has 3 atom stereocenters. The Balaban J connectivity index is 1.33. The summed E-state index contributed by atoms with van der Waals surface area (Å²) in [6, 6.07) is 26.1. The van der Waals surface area contributed by atoms with Gasteiger partial charge in [-0.15, -0.1) is 0 Å². The van der Waals surface area contributed by atoms with Crippen molar-refractivity contribution in [2.75, 3.05) is 0 Å². The zero-order valence-electron chi connectivity index (χ0n) is 27.6. The first-order valence-corrected chi connectivity index (χ1v) is 16.2. The van der Waals surface area contributed by atoms with E-state index in [1.54, 1.807) is 0 Å². The number of primary amides is 2. The van der Waals surface area contributed by atoms with Crippen LogP contribution in [-0.4, -0.2) is 11.8 Å². The van der Waals surface area contributed by atoms with Gasteiger partial charge in [0.1, 0.15) is 0 Å². The van der Waals surface area contributed by atoms with Gasteiger partial charge in [0, 0.05) is 47.2 Å². The van der Waals surface area contributed by atoms with Gasteiger partial charge in [-0.25, -0.2) is 9.13 Å². The highest BCUT2D eigenvalue weighted by Gasteiger charge is 2.27. The number of nitrogens with two attached hydrogens (primary N) is 2. The molecule has 2 aromatic carbocycles. The predicted molar refractivity (Wildman–Crippen MR) is 180 cm³/mol. The lowest BCUT2D eigenvalue weighted by Crippen LogP contribution is -2.33. The predicted octanol–water partition coefficient (Wildman–Crippen LogP) is 6.21. The molecular formula is C39H50N4O2+2. The van der Waals surface area contributed by atoms with Crippen molar-refractivity contribution in [2.24, 2.45) is 23.3 Å². The number of hydrogen-bond acceptors (Lipinski definition) is 2. The Hall–Kier alpha value is -4.32. The van der Waals surface area contributed by atoms with Gasteiger partial charge >= 0.3 is 0 Å². The molecule has 2 aromatic heterocycles. The molecule has 0 spiro atoms. The van der Waals surface area contributed by atoms with E-state index in [0.29, 0.717) is 5.92 Å². The van der Waals surface area contributed by atoms with Crippen LogP contribution in [-0.2, 0) is 28.1 Å². The summed E-state index contributed by atoms with van der Waals surface area (Å²) in [4.78, 5) is 23.4. The molecule has 45 heavy (non-hydrogen) atoms. The molecule has 4 N–H and O–H groups in total. The molecule has 4 rings (SSSR count). The van der Waals surface area contributed by atoms with E-state index in [1.165, 1.54) is 33.4 Å². The molecule has 6 heteroatoms. The Morgan fingerprint density at radius 2 is 1.09 bits per heavy atom. The zero-order valence-corrected chi connectivity index (χ0v) is 27.6. The molecule has 0 aliphatic rings. The van der Waals surface area contributed by atoms with Gasteiger partial charge in [-0.3, -0.25) is 9.59 Å². The maximum Gasteiger partial charge on any atom is 0.220 e. The van der Waals surface area contributed by atoms with Crippen LogP contribution in [0.3, 0.4) is 0 Å². The molecule has 0 saturated carbocycles. The summed E-state index contributed by atoms with van der Waals surface area (Å²) < 4.78 is 4.38. The Morgan fingerprint density at radius 1 is 0.667 bits per heavy atom. The highest BCUT2D eigenvalue weighted by molar-refractivity contribution is 5.77. The van der Waals surface area contributed by atoms with Crippen LogP contribution in [0.15, 0.2) is 97.6 Å². The summed E-state index contributed by atoms with van der Waals surface area (Å²) in [7, 11) is 0. The van der Waals surface area contributed by atoms with Crippen LogP contribution >= 0.6 is 0 Å². The molecule has 6 nitrogen and oxygen atoms in total. The second-order valence-corrected chi connectivity index (χ2v) is 13.2. The maximum absolute atomic E-state index is 11.8. The van der Waals surface area contributed by atoms with Crippen LogP contribution in [0.1, 0.15) is 88.5 Å². The van der Waals surface area contributed by atoms with E-state index in [0.717, 1.165) is 38.8 Å². The van der Waals surface area contributed by atoms with E-state index in [4.69, 9.17) is 11.5 Å². The zero-order chi connectivity index (χ0) is 32.6. The van der Waals surface area contributed by atoms with Crippen molar-refractivity contribution in [1.82, 2.24) is 0 Å². The molecule has 0 bridgehead atoms. The number of carbonyl (C=O) groups excluding carboxylic acids is 2. The van der Waals surface area contributed by atoms with E-state index in [1.807, 2.05) is 13.8 Å². The molecule has 0 radical (unpaired) electrons. The minimum Gasteiger partial charge on any atom is -0.369 e. The number of carbonyl (C=O) groups is 2. The van der Waals surface area contributed by atoms with Crippen LogP contribution in [0.2, 0.25) is 0 Å². The molecule has 2 heterocycles. The van der Waals surface area contributed by atoms with Gasteiger partial charge in [-0.2, -0.15) is 0 Å². The lowest BCUT2D eigenvalue weighted by atomic mass is 9.76. The Kier molecular flexibility index (Phi) is 11.3. The maximum atomic E-state index is 11.8. The second kappa shape index (κ2) is 15.1. The number of rotatable bonds is 15. The third-order valence-electron chi connectivity index (χ3n) is 9.32. The topological polar surface area (TPSA) is 93.9 Å². The van der Waals surface area contributed by atoms with E-state index >= 15 is 0 Å². The van der Waals surface area contributed by atoms with Crippen LogP contribution in [0.5, 0.6) is 0 Å². The van der Waals surface area contributed by atoms with Crippen molar-refractivity contribution in [3.63, 3.8) is 0 Å². The van der Waals surface area contributed by atoms with E-state index in [9.17, 15) is 9.59 Å². The van der Waals surface area contributed by atoms with Gasteiger partial charge in [-0.05, 0) is 59.3 Å². The van der Waals surface area contributed by atoms with E-state index < -0.39 is 0 Å². The number of nitrogens with zero attached hydrogens (tertiary/aromatic N) is 2. The van der Waals surface area contributed by atoms with Crippen molar-refractivity contribution in [2.45, 2.75) is 84.7 Å². The Morgan fingerprint density at radius 3 is 1.49 bits per heavy atom. The first-order chi connectivity index (χ1) is 21.5. The average molecular weight is 607 g/mol. The van der Waals surface area contributed by atoms with Crippen LogP contribution < -0.4 is 20.6 Å². The Bertz CT molecular complexity index is 1540. The lowest BCUT2D eigenvalue weighted by molar-refractivity contribution is -0.688. The molecule has 0 aliphatic heterocycles. The third kappa shape index (κ3) is 9.10. The number of pyridine rings is 2. The number of aromatic nitrogens is 2. The monoisotopic (exact) mass is 606 g/mol. The molecule has 0 saturated heterocycles. The van der Waals surface area contributed by atoms with E-state index in [2.05, 4.69) is 127 Å². The van der Waals surface area contributed by atoms with Crippen molar-refractivity contribution >= 4 is 11.8 Å². The van der Waals surface area contributed by atoms with Crippen molar-refractivity contribution in [1.29, 1.82) is 0 Å². The minimum absolute atomic E-state index is 0.0740. The minimum atomic E-state index is -0.214. The SMILES string of the molecule is CCC(CC(C)c1ccc(C[n+]2ccc(-c3cc[n+](Cc4ccc(C(C)(C)CC(CC)C(N)=O)cc4)cc3)cc2)cc1)C(N)=O. The van der Waals surface area contributed by atoms with Crippen molar-refractivity contribution < 1.29 is 18.7 Å². The summed E-state index contributed by atoms with van der Waals surface area (Å²) in [6.45, 7) is 12.1. The molecule has 3 unspecified atom stereocenters. The first-order valence-electron chi connectivity index (χ1n) is 16.2. The van der Waals surface area contributed by atoms with Gasteiger partial charge in [0.25, 0.3) is 0 Å². The molecular weight excluding hydrogens is 556 g/mol. The average Bonchev–Trinajstić information content (AvgIpc) is 3.03. The highest BCUT2D eigenvalue weighted by atomic mass is 16.1. The summed E-state index contributed by atoms with van der Waals surface area (Å²) in [6.07, 6.45) is 11.6. The molecule has 2 amide bonds. The van der Waals surface area contributed by atoms with Gasteiger partial charge < -0.3 is 11.5 Å². The van der Waals surface area contributed by atoms with Gasteiger partial charge in [-0.1, -0.05) is 83.1 Å². The fourth-order valence-corrected chi connectivity index (χ4v) is 6.17. The van der Waals surface area contributed by atoms with Crippen molar-refractivity contribution in [3.8, 4) is 11.1 Å². The van der Waals surface area contributed by atoms with Crippen LogP contribution in [0, 0.1) is 11.8 Å². The lowest BCUT2D eigenvalue weighted by Gasteiger charge is -2.28.